The number of pyridine rings is 1. The van der Waals surface area contributed by atoms with E-state index in [-0.39, 0.29) is 35.7 Å². The zero-order valence-corrected chi connectivity index (χ0v) is 48.8. The van der Waals surface area contributed by atoms with Gasteiger partial charge in [-0.1, -0.05) is 124 Å². The SMILES string of the molecule is CCC(CC)(c1ccc(/C=C/C(O)(C(F)(F)F)C(F)(F)F)c(C)c1)c1ccc(B2OC(C)(C)C(C)(C)O2)c(C)c1.CCOC(=O)Cc1ccc(-c2ccc(C(CC)(CC)c3ccc(/C=C/C(O)(C(F)(F)F)C(F)(F)F)c(C)c3)cc2C)nc1. The van der Waals surface area contributed by atoms with E-state index in [1.54, 1.807) is 51.2 Å². The van der Waals surface area contributed by atoms with Gasteiger partial charge in [0.05, 0.1) is 29.9 Å². The van der Waals surface area contributed by atoms with E-state index >= 15 is 0 Å². The molecule has 0 unspecified atom stereocenters. The summed E-state index contributed by atoms with van der Waals surface area (Å²) in [7, 11) is -0.517. The van der Waals surface area contributed by atoms with E-state index in [4.69, 9.17) is 14.0 Å². The predicted molar refractivity (Wildman–Crippen MR) is 299 cm³/mol. The quantitative estimate of drug-likeness (QED) is 0.0544. The third-order valence-electron chi connectivity index (χ3n) is 16.7. The Morgan fingerprint density at radius 2 is 0.916 bits per heavy atom. The molecule has 1 aromatic heterocycles. The number of hydrogen-bond acceptors (Lipinski definition) is 7. The summed E-state index contributed by atoms with van der Waals surface area (Å²) in [6.07, 6.45) is -18.3. The number of carbonyl (C=O) groups excluding carboxylic acids is 1. The maximum Gasteiger partial charge on any atom is 0.495 e. The Morgan fingerprint density at radius 1 is 0.542 bits per heavy atom. The molecule has 4 aromatic carbocycles. The minimum absolute atomic E-state index is 0.126. The van der Waals surface area contributed by atoms with Crippen molar-refractivity contribution < 1.29 is 81.7 Å². The van der Waals surface area contributed by atoms with Gasteiger partial charge in [-0.15, -0.1) is 0 Å². The van der Waals surface area contributed by atoms with Gasteiger partial charge in [0.1, 0.15) is 0 Å². The highest BCUT2D eigenvalue weighted by Gasteiger charge is 2.70. The molecule has 452 valence electrons. The molecule has 0 atom stereocenters. The van der Waals surface area contributed by atoms with Gasteiger partial charge in [0.15, 0.2) is 0 Å². The van der Waals surface area contributed by atoms with Crippen molar-refractivity contribution >= 4 is 30.7 Å². The van der Waals surface area contributed by atoms with E-state index in [0.29, 0.717) is 55.6 Å². The molecule has 7 nitrogen and oxygen atoms in total. The molecule has 1 fully saturated rings. The molecular formula is C63H72BF12NO6. The van der Waals surface area contributed by atoms with Crippen molar-refractivity contribution in [3.63, 3.8) is 0 Å². The highest BCUT2D eigenvalue weighted by molar-refractivity contribution is 6.62. The van der Waals surface area contributed by atoms with Crippen molar-refractivity contribution in [2.24, 2.45) is 0 Å². The summed E-state index contributed by atoms with van der Waals surface area (Å²) in [6, 6.07) is 25.7. The van der Waals surface area contributed by atoms with E-state index in [1.807, 2.05) is 106 Å². The van der Waals surface area contributed by atoms with Crippen LogP contribution in [0.4, 0.5) is 52.7 Å². The first-order valence-corrected chi connectivity index (χ1v) is 27.2. The molecule has 20 heteroatoms. The number of ether oxygens (including phenoxy) is 1. The van der Waals surface area contributed by atoms with Crippen molar-refractivity contribution in [2.45, 2.75) is 180 Å². The monoisotopic (exact) mass is 1180 g/mol. The second kappa shape index (κ2) is 24.9. The fourth-order valence-corrected chi connectivity index (χ4v) is 10.4. The van der Waals surface area contributed by atoms with Gasteiger partial charge in [0, 0.05) is 22.6 Å². The van der Waals surface area contributed by atoms with Crippen LogP contribution in [-0.2, 0) is 36.1 Å². The second-order valence-corrected chi connectivity index (χ2v) is 22.1. The highest BCUT2D eigenvalue weighted by atomic mass is 19.4. The number of hydrogen-bond donors (Lipinski definition) is 2. The molecule has 0 bridgehead atoms. The Morgan fingerprint density at radius 3 is 1.24 bits per heavy atom. The minimum Gasteiger partial charge on any atom is -0.466 e. The Balaban J connectivity index is 0.000000305. The summed E-state index contributed by atoms with van der Waals surface area (Å²) in [5.41, 5.74) is -1.56. The van der Waals surface area contributed by atoms with Crippen LogP contribution in [0.25, 0.3) is 23.4 Å². The van der Waals surface area contributed by atoms with Gasteiger partial charge in [-0.05, 0) is 167 Å². The summed E-state index contributed by atoms with van der Waals surface area (Å²) < 4.78 is 175. The number of halogens is 12. The van der Waals surface area contributed by atoms with Gasteiger partial charge in [-0.3, -0.25) is 9.78 Å². The number of aromatic nitrogens is 1. The van der Waals surface area contributed by atoms with Crippen molar-refractivity contribution in [3.05, 3.63) is 164 Å². The largest absolute Gasteiger partial charge is 0.495 e. The lowest BCUT2D eigenvalue weighted by molar-refractivity contribution is -0.348. The first kappa shape index (κ1) is 67.8. The van der Waals surface area contributed by atoms with E-state index in [0.717, 1.165) is 55.7 Å². The fraction of sp³-hybridized carbons (Fsp3) is 0.460. The number of aliphatic hydroxyl groups is 2. The molecule has 0 amide bonds. The molecule has 0 saturated carbocycles. The van der Waals surface area contributed by atoms with E-state index < -0.39 is 65.1 Å². The normalized spacial score (nSPS) is 15.5. The number of rotatable bonds is 17. The van der Waals surface area contributed by atoms with Crippen LogP contribution in [0.5, 0.6) is 0 Å². The van der Waals surface area contributed by atoms with Crippen LogP contribution in [0.15, 0.2) is 103 Å². The summed E-state index contributed by atoms with van der Waals surface area (Å²) in [6.45, 7) is 25.3. The van der Waals surface area contributed by atoms with Crippen molar-refractivity contribution in [1.82, 2.24) is 4.98 Å². The second-order valence-electron chi connectivity index (χ2n) is 22.1. The molecule has 1 aliphatic rings. The van der Waals surface area contributed by atoms with Crippen LogP contribution < -0.4 is 5.46 Å². The number of esters is 1. The molecule has 1 aliphatic heterocycles. The van der Waals surface area contributed by atoms with Gasteiger partial charge in [-0.25, -0.2) is 0 Å². The van der Waals surface area contributed by atoms with Crippen LogP contribution in [0, 0.1) is 27.7 Å². The highest BCUT2D eigenvalue weighted by Crippen LogP contribution is 2.48. The lowest BCUT2D eigenvalue weighted by Crippen LogP contribution is -2.55. The maximum atomic E-state index is 13.1. The molecule has 6 rings (SSSR count). The summed E-state index contributed by atoms with van der Waals surface area (Å²) in [5, 5.41) is 19.0. The first-order chi connectivity index (χ1) is 38.2. The molecular weight excluding hydrogens is 1110 g/mol. The number of alkyl halides is 12. The molecule has 0 spiro atoms. The van der Waals surface area contributed by atoms with Crippen LogP contribution >= 0.6 is 0 Å². The van der Waals surface area contributed by atoms with Crippen molar-refractivity contribution in [1.29, 1.82) is 0 Å². The van der Waals surface area contributed by atoms with Gasteiger partial charge in [-0.2, -0.15) is 52.7 Å². The van der Waals surface area contributed by atoms with Crippen LogP contribution in [0.3, 0.4) is 0 Å². The fourth-order valence-electron chi connectivity index (χ4n) is 10.4. The lowest BCUT2D eigenvalue weighted by Gasteiger charge is -2.34. The Hall–Kier alpha value is -5.96. The zero-order chi connectivity index (χ0) is 62.7. The predicted octanol–water partition coefficient (Wildman–Crippen LogP) is 16.0. The molecule has 2 N–H and O–H groups in total. The molecule has 0 aliphatic carbocycles. The number of benzene rings is 4. The number of carbonyl (C=O) groups is 1. The summed E-state index contributed by atoms with van der Waals surface area (Å²) in [5.74, 6) is -0.323. The smallest absolute Gasteiger partial charge is 0.466 e. The van der Waals surface area contributed by atoms with Gasteiger partial charge in [0.2, 0.25) is 0 Å². The number of nitrogens with zero attached hydrogens (tertiary/aromatic N) is 1. The van der Waals surface area contributed by atoms with E-state index in [1.165, 1.54) is 12.1 Å². The van der Waals surface area contributed by atoms with Crippen LogP contribution in [0.1, 0.15) is 149 Å². The Bertz CT molecular complexity index is 3090. The molecule has 83 heavy (non-hydrogen) atoms. The van der Waals surface area contributed by atoms with Crippen LogP contribution in [0.2, 0.25) is 0 Å². The van der Waals surface area contributed by atoms with Crippen molar-refractivity contribution in [2.75, 3.05) is 6.61 Å². The van der Waals surface area contributed by atoms with Crippen LogP contribution in [-0.4, -0.2) is 82.0 Å². The van der Waals surface area contributed by atoms with Gasteiger partial charge >= 0.3 is 37.8 Å². The van der Waals surface area contributed by atoms with E-state index in [2.05, 4.69) is 17.1 Å². The molecule has 2 heterocycles. The van der Waals surface area contributed by atoms with E-state index in [9.17, 15) is 67.7 Å². The number of aryl methyl sites for hydroxylation is 4. The van der Waals surface area contributed by atoms with Crippen molar-refractivity contribution in [3.8, 4) is 11.3 Å². The summed E-state index contributed by atoms with van der Waals surface area (Å²) >= 11 is 0. The first-order valence-electron chi connectivity index (χ1n) is 27.2. The Labute approximate surface area is 478 Å². The zero-order valence-electron chi connectivity index (χ0n) is 48.8. The maximum absolute atomic E-state index is 13.1. The average molecular weight is 1180 g/mol. The Kier molecular flexibility index (Phi) is 20.4. The third kappa shape index (κ3) is 13.8. The molecule has 5 aromatic rings. The van der Waals surface area contributed by atoms with Gasteiger partial charge in [0.25, 0.3) is 11.2 Å². The molecule has 1 saturated heterocycles. The van der Waals surface area contributed by atoms with Gasteiger partial charge < -0.3 is 24.3 Å². The lowest BCUT2D eigenvalue weighted by atomic mass is 9.68. The standard InChI is InChI=1S/C33H35F6NO3.C30H37BF6O3/c1-6-30(7-2,25-11-10-24(21(4)17-25)15-16-31(42,32(34,35)36)33(37,38)39)26-12-13-27(22(5)18-26)28-14-9-23(20-40-28)19-29(41)43-8-3;1-9-27(10-2,23-13-14-24(20(4)18-23)31-39-25(5,6)26(7,8)40-31)22-12-11-21(19(3)17-22)15-16-28(38,29(32,33)34)30(35,36)37/h9-18,20,42H,6-8,19H2,1-5H3;11-18,38H,9-10H2,1-8H3/b2*16-15+. The average Bonchev–Trinajstić information content (AvgIpc) is 3.22. The summed E-state index contributed by atoms with van der Waals surface area (Å²) in [4.78, 5) is 16.3. The topological polar surface area (TPSA) is 98.1 Å². The minimum atomic E-state index is -5.93. The molecule has 0 radical (unpaired) electrons. The third-order valence-corrected chi connectivity index (χ3v) is 16.7.